The SMILES string of the molecule is COC[C@H](NC(=O)c1ccc([N+](=O)[O-])c(O)c1)C1CC1. The number of nitrogens with zero attached hydrogens (tertiary/aromatic N) is 1. The van der Waals surface area contributed by atoms with E-state index in [2.05, 4.69) is 5.32 Å². The molecule has 0 unspecified atom stereocenters. The third-order valence-electron chi connectivity index (χ3n) is 3.29. The van der Waals surface area contributed by atoms with Gasteiger partial charge in [-0.25, -0.2) is 0 Å². The van der Waals surface area contributed by atoms with Gasteiger partial charge in [0.2, 0.25) is 0 Å². The molecule has 1 saturated carbocycles. The van der Waals surface area contributed by atoms with Crippen LogP contribution < -0.4 is 5.32 Å². The number of carbonyl (C=O) groups excluding carboxylic acids is 1. The maximum Gasteiger partial charge on any atom is 0.310 e. The van der Waals surface area contributed by atoms with Gasteiger partial charge < -0.3 is 15.2 Å². The third-order valence-corrected chi connectivity index (χ3v) is 3.29. The van der Waals surface area contributed by atoms with Crippen LogP contribution in [0.15, 0.2) is 18.2 Å². The molecule has 1 amide bonds. The van der Waals surface area contributed by atoms with E-state index in [9.17, 15) is 20.0 Å². The zero-order chi connectivity index (χ0) is 14.7. The number of hydrogen-bond acceptors (Lipinski definition) is 5. The second-order valence-corrected chi connectivity index (χ2v) is 4.83. The number of nitro benzene ring substituents is 1. The Morgan fingerprint density at radius 3 is 2.80 bits per heavy atom. The Balaban J connectivity index is 2.08. The highest BCUT2D eigenvalue weighted by molar-refractivity contribution is 5.95. The minimum Gasteiger partial charge on any atom is -0.502 e. The van der Waals surface area contributed by atoms with Gasteiger partial charge >= 0.3 is 5.69 Å². The van der Waals surface area contributed by atoms with E-state index in [-0.39, 0.29) is 17.5 Å². The number of benzene rings is 1. The summed E-state index contributed by atoms with van der Waals surface area (Å²) in [7, 11) is 1.57. The van der Waals surface area contributed by atoms with Crippen LogP contribution in [0.1, 0.15) is 23.2 Å². The van der Waals surface area contributed by atoms with Crippen molar-refractivity contribution >= 4 is 11.6 Å². The molecule has 20 heavy (non-hydrogen) atoms. The van der Waals surface area contributed by atoms with Crippen LogP contribution in [0.5, 0.6) is 5.75 Å². The number of phenols is 1. The molecular formula is C13H16N2O5. The fourth-order valence-electron chi connectivity index (χ4n) is 2.04. The molecule has 108 valence electrons. The van der Waals surface area contributed by atoms with Crippen LogP contribution in [0, 0.1) is 16.0 Å². The van der Waals surface area contributed by atoms with Crippen molar-refractivity contribution in [1.82, 2.24) is 5.32 Å². The molecule has 7 nitrogen and oxygen atoms in total. The molecule has 0 aromatic heterocycles. The Morgan fingerprint density at radius 2 is 2.30 bits per heavy atom. The predicted molar refractivity (Wildman–Crippen MR) is 70.6 cm³/mol. The van der Waals surface area contributed by atoms with Crippen molar-refractivity contribution in [3.63, 3.8) is 0 Å². The summed E-state index contributed by atoms with van der Waals surface area (Å²) in [6, 6.07) is 3.48. The molecule has 2 N–H and O–H groups in total. The molecule has 0 bridgehead atoms. The average molecular weight is 280 g/mol. The summed E-state index contributed by atoms with van der Waals surface area (Å²) in [4.78, 5) is 21.9. The van der Waals surface area contributed by atoms with E-state index in [1.807, 2.05) is 0 Å². The quantitative estimate of drug-likeness (QED) is 0.606. The maximum absolute atomic E-state index is 12.0. The van der Waals surface area contributed by atoms with Crippen LogP contribution in [-0.2, 0) is 4.74 Å². The summed E-state index contributed by atoms with van der Waals surface area (Å²) in [5.74, 6) is -0.466. The summed E-state index contributed by atoms with van der Waals surface area (Å²) in [5, 5.41) is 22.9. The highest BCUT2D eigenvalue weighted by Gasteiger charge is 2.32. The minimum absolute atomic E-state index is 0.0650. The standard InChI is InChI=1S/C13H16N2O5/c1-20-7-10(8-2-3-8)14-13(17)9-4-5-11(15(18)19)12(16)6-9/h4-6,8,10,16H,2-3,7H2,1H3,(H,14,17)/t10-/m0/s1. The van der Waals surface area contributed by atoms with Gasteiger partial charge in [0.05, 0.1) is 17.6 Å². The largest absolute Gasteiger partial charge is 0.502 e. The van der Waals surface area contributed by atoms with Crippen molar-refractivity contribution in [2.75, 3.05) is 13.7 Å². The van der Waals surface area contributed by atoms with Gasteiger partial charge in [-0.15, -0.1) is 0 Å². The number of carbonyl (C=O) groups is 1. The topological polar surface area (TPSA) is 102 Å². The van der Waals surface area contributed by atoms with Gasteiger partial charge in [0.25, 0.3) is 5.91 Å². The Labute approximate surface area is 115 Å². The molecule has 0 radical (unpaired) electrons. The molecule has 0 saturated heterocycles. The molecule has 1 atom stereocenters. The van der Waals surface area contributed by atoms with E-state index in [0.29, 0.717) is 12.5 Å². The lowest BCUT2D eigenvalue weighted by atomic mass is 10.1. The van der Waals surface area contributed by atoms with Gasteiger partial charge in [-0.2, -0.15) is 0 Å². The monoisotopic (exact) mass is 280 g/mol. The van der Waals surface area contributed by atoms with Crippen LogP contribution in [-0.4, -0.2) is 35.7 Å². The number of rotatable bonds is 6. The minimum atomic E-state index is -0.699. The van der Waals surface area contributed by atoms with Gasteiger partial charge in [0.1, 0.15) is 0 Å². The highest BCUT2D eigenvalue weighted by atomic mass is 16.6. The van der Waals surface area contributed by atoms with Crippen molar-refractivity contribution in [3.05, 3.63) is 33.9 Å². The Hall–Kier alpha value is -2.15. The van der Waals surface area contributed by atoms with E-state index in [1.165, 1.54) is 6.07 Å². The highest BCUT2D eigenvalue weighted by Crippen LogP contribution is 2.33. The summed E-state index contributed by atoms with van der Waals surface area (Å²) in [6.07, 6.45) is 2.11. The fourth-order valence-corrected chi connectivity index (χ4v) is 2.04. The summed E-state index contributed by atoms with van der Waals surface area (Å²) >= 11 is 0. The fraction of sp³-hybridized carbons (Fsp3) is 0.462. The van der Waals surface area contributed by atoms with Crippen LogP contribution in [0.25, 0.3) is 0 Å². The molecule has 2 rings (SSSR count). The van der Waals surface area contributed by atoms with Gasteiger partial charge in [-0.3, -0.25) is 14.9 Å². The number of methoxy groups -OCH3 is 1. The van der Waals surface area contributed by atoms with E-state index < -0.39 is 16.4 Å². The first-order valence-corrected chi connectivity index (χ1v) is 6.30. The number of ether oxygens (including phenoxy) is 1. The van der Waals surface area contributed by atoms with Crippen molar-refractivity contribution < 1.29 is 19.6 Å². The molecule has 7 heteroatoms. The number of phenolic OH excluding ortho intramolecular Hbond substituents is 1. The lowest BCUT2D eigenvalue weighted by Gasteiger charge is -2.17. The predicted octanol–water partition coefficient (Wildman–Crippen LogP) is 1.46. The number of nitro groups is 1. The molecule has 0 aliphatic heterocycles. The summed E-state index contributed by atoms with van der Waals surface area (Å²) in [6.45, 7) is 0.426. The van der Waals surface area contributed by atoms with Gasteiger partial charge in [0.15, 0.2) is 5.75 Å². The maximum atomic E-state index is 12.0. The smallest absolute Gasteiger partial charge is 0.310 e. The second kappa shape index (κ2) is 5.87. The van der Waals surface area contributed by atoms with Crippen molar-refractivity contribution in [3.8, 4) is 5.75 Å². The Bertz CT molecular complexity index is 527. The van der Waals surface area contributed by atoms with Gasteiger partial charge in [-0.1, -0.05) is 0 Å². The first-order valence-electron chi connectivity index (χ1n) is 6.30. The molecule has 1 aromatic carbocycles. The molecule has 0 heterocycles. The lowest BCUT2D eigenvalue weighted by Crippen LogP contribution is -2.39. The van der Waals surface area contributed by atoms with Crippen molar-refractivity contribution in [2.24, 2.45) is 5.92 Å². The van der Waals surface area contributed by atoms with Crippen LogP contribution in [0.2, 0.25) is 0 Å². The molecule has 1 fully saturated rings. The first-order chi connectivity index (χ1) is 9.52. The Morgan fingerprint density at radius 1 is 1.60 bits per heavy atom. The van der Waals surface area contributed by atoms with E-state index in [0.717, 1.165) is 25.0 Å². The number of hydrogen-bond donors (Lipinski definition) is 2. The number of nitrogens with one attached hydrogen (secondary N) is 1. The molecule has 1 aromatic rings. The van der Waals surface area contributed by atoms with Crippen molar-refractivity contribution in [2.45, 2.75) is 18.9 Å². The van der Waals surface area contributed by atoms with E-state index in [1.54, 1.807) is 7.11 Å². The first kappa shape index (κ1) is 14.3. The normalized spacial score (nSPS) is 15.7. The third kappa shape index (κ3) is 3.24. The number of amides is 1. The zero-order valence-electron chi connectivity index (χ0n) is 11.0. The zero-order valence-corrected chi connectivity index (χ0v) is 11.0. The van der Waals surface area contributed by atoms with Crippen LogP contribution in [0.4, 0.5) is 5.69 Å². The number of aromatic hydroxyl groups is 1. The second-order valence-electron chi connectivity index (χ2n) is 4.83. The van der Waals surface area contributed by atoms with Crippen LogP contribution >= 0.6 is 0 Å². The molecule has 1 aliphatic rings. The lowest BCUT2D eigenvalue weighted by molar-refractivity contribution is -0.385. The van der Waals surface area contributed by atoms with Crippen molar-refractivity contribution in [1.29, 1.82) is 0 Å². The summed E-state index contributed by atoms with van der Waals surface area (Å²) < 4.78 is 5.06. The Kier molecular flexibility index (Phi) is 4.19. The molecule has 0 spiro atoms. The molecule has 1 aliphatic carbocycles. The van der Waals surface area contributed by atoms with E-state index >= 15 is 0 Å². The van der Waals surface area contributed by atoms with Gasteiger partial charge in [0, 0.05) is 18.7 Å². The van der Waals surface area contributed by atoms with E-state index in [4.69, 9.17) is 4.74 Å². The molecular weight excluding hydrogens is 264 g/mol. The summed E-state index contributed by atoms with van der Waals surface area (Å²) in [5.41, 5.74) is -0.230. The van der Waals surface area contributed by atoms with Crippen LogP contribution in [0.3, 0.4) is 0 Å². The van der Waals surface area contributed by atoms with Gasteiger partial charge in [-0.05, 0) is 30.9 Å². The average Bonchev–Trinajstić information content (AvgIpc) is 3.21.